The van der Waals surface area contributed by atoms with Crippen molar-refractivity contribution in [2.45, 2.75) is 23.9 Å². The quantitative estimate of drug-likeness (QED) is 0.679. The maximum absolute atomic E-state index is 12.9. The zero-order valence-electron chi connectivity index (χ0n) is 10.4. The molecular weight excluding hydrogens is 322 g/mol. The van der Waals surface area contributed by atoms with Crippen LogP contribution in [-0.2, 0) is 18.9 Å². The third-order valence-electron chi connectivity index (χ3n) is 2.63. The predicted molar refractivity (Wildman–Crippen MR) is 62.7 cm³/mol. The van der Waals surface area contributed by atoms with Gasteiger partial charge in [0.1, 0.15) is 10.7 Å². The fourth-order valence-electron chi connectivity index (χ4n) is 1.73. The Bertz CT molecular complexity index is 675. The van der Waals surface area contributed by atoms with Crippen LogP contribution < -0.4 is 5.73 Å². The molecule has 0 aliphatic carbocycles. The van der Waals surface area contributed by atoms with Gasteiger partial charge in [0.15, 0.2) is 11.3 Å². The van der Waals surface area contributed by atoms with E-state index < -0.39 is 29.4 Å². The first kappa shape index (κ1) is 15.9. The second kappa shape index (κ2) is 5.05. The Morgan fingerprint density at radius 3 is 2.24 bits per heavy atom. The van der Waals surface area contributed by atoms with E-state index in [9.17, 15) is 26.3 Å². The van der Waals surface area contributed by atoms with Crippen LogP contribution in [0.2, 0.25) is 0 Å². The van der Waals surface area contributed by atoms with Gasteiger partial charge < -0.3 is 5.73 Å². The van der Waals surface area contributed by atoms with Crippen molar-refractivity contribution in [3.63, 3.8) is 0 Å². The number of halogens is 6. The van der Waals surface area contributed by atoms with Crippen molar-refractivity contribution in [2.24, 2.45) is 5.73 Å². The maximum Gasteiger partial charge on any atom is 0.433 e. The summed E-state index contributed by atoms with van der Waals surface area (Å²) in [6, 6.07) is -0.0651. The molecule has 0 aliphatic rings. The largest absolute Gasteiger partial charge is 0.433 e. The highest BCUT2D eigenvalue weighted by atomic mass is 32.2. The second-order valence-corrected chi connectivity index (χ2v) is 4.74. The molecule has 2 aromatic rings. The van der Waals surface area contributed by atoms with Crippen molar-refractivity contribution in [3.05, 3.63) is 23.0 Å². The van der Waals surface area contributed by atoms with Gasteiger partial charge in [-0.05, 0) is 12.3 Å². The highest BCUT2D eigenvalue weighted by Crippen LogP contribution is 2.36. The SMILES string of the molecule is CSc1nn2c(C(F)(F)F)cc(C(F)(F)F)nc2c1CN. The number of thioether (sulfide) groups is 1. The van der Waals surface area contributed by atoms with Crippen molar-refractivity contribution in [2.75, 3.05) is 6.26 Å². The standard InChI is InChI=1S/C10H8F6N4S/c1-21-8-4(3-17)7-18-5(9(11,12)13)2-6(10(14,15)16)20(7)19-8/h2H,3,17H2,1H3. The van der Waals surface area contributed by atoms with Crippen LogP contribution in [0.25, 0.3) is 5.65 Å². The van der Waals surface area contributed by atoms with Crippen LogP contribution in [0.3, 0.4) is 0 Å². The van der Waals surface area contributed by atoms with Crippen molar-refractivity contribution in [1.82, 2.24) is 14.6 Å². The van der Waals surface area contributed by atoms with E-state index in [4.69, 9.17) is 5.73 Å². The van der Waals surface area contributed by atoms with Crippen LogP contribution in [0, 0.1) is 0 Å². The van der Waals surface area contributed by atoms with Crippen molar-refractivity contribution in [3.8, 4) is 0 Å². The first-order valence-electron chi connectivity index (χ1n) is 5.40. The van der Waals surface area contributed by atoms with E-state index >= 15 is 0 Å². The molecular formula is C10H8F6N4S. The third kappa shape index (κ3) is 2.79. The van der Waals surface area contributed by atoms with Gasteiger partial charge in [-0.25, -0.2) is 9.50 Å². The molecule has 0 saturated heterocycles. The van der Waals surface area contributed by atoms with Gasteiger partial charge in [-0.2, -0.15) is 31.4 Å². The molecule has 2 heterocycles. The predicted octanol–water partition coefficient (Wildman–Crippen LogP) is 2.95. The number of hydrogen-bond acceptors (Lipinski definition) is 4. The van der Waals surface area contributed by atoms with Crippen molar-refractivity contribution < 1.29 is 26.3 Å². The maximum atomic E-state index is 12.9. The smallest absolute Gasteiger partial charge is 0.326 e. The molecule has 4 nitrogen and oxygen atoms in total. The van der Waals surface area contributed by atoms with Crippen LogP contribution in [-0.4, -0.2) is 20.9 Å². The van der Waals surface area contributed by atoms with Gasteiger partial charge in [0.25, 0.3) is 0 Å². The summed E-state index contributed by atoms with van der Waals surface area (Å²) in [5.74, 6) is 0. The zero-order chi connectivity index (χ0) is 16.0. The molecule has 2 rings (SSSR count). The van der Waals surface area contributed by atoms with Gasteiger partial charge in [0, 0.05) is 12.1 Å². The van der Waals surface area contributed by atoms with Crippen LogP contribution in [0.5, 0.6) is 0 Å². The highest BCUT2D eigenvalue weighted by Gasteiger charge is 2.41. The van der Waals surface area contributed by atoms with Gasteiger partial charge in [-0.15, -0.1) is 11.8 Å². The molecule has 11 heteroatoms. The normalized spacial score (nSPS) is 13.1. The fraction of sp³-hybridized carbons (Fsp3) is 0.400. The Morgan fingerprint density at radius 2 is 1.81 bits per heavy atom. The number of hydrogen-bond donors (Lipinski definition) is 1. The summed E-state index contributed by atoms with van der Waals surface area (Å²) in [6.45, 7) is -0.273. The van der Waals surface area contributed by atoms with E-state index in [1.807, 2.05) is 0 Å². The Kier molecular flexibility index (Phi) is 3.82. The lowest BCUT2D eigenvalue weighted by Gasteiger charge is -2.12. The molecule has 0 fully saturated rings. The Morgan fingerprint density at radius 1 is 1.19 bits per heavy atom. The first-order valence-corrected chi connectivity index (χ1v) is 6.63. The average molecular weight is 330 g/mol. The van der Waals surface area contributed by atoms with E-state index in [0.29, 0.717) is 4.52 Å². The summed E-state index contributed by atoms with van der Waals surface area (Å²) in [6.07, 6.45) is -8.48. The number of aromatic nitrogens is 3. The molecule has 0 atom stereocenters. The van der Waals surface area contributed by atoms with E-state index in [1.54, 1.807) is 0 Å². The Hall–Kier alpha value is -1.49. The molecule has 116 valence electrons. The lowest BCUT2D eigenvalue weighted by Crippen LogP contribution is -2.18. The summed E-state index contributed by atoms with van der Waals surface area (Å²) >= 11 is 0.978. The van der Waals surface area contributed by atoms with Gasteiger partial charge >= 0.3 is 12.4 Å². The third-order valence-corrected chi connectivity index (χ3v) is 3.34. The first-order chi connectivity index (χ1) is 9.59. The van der Waals surface area contributed by atoms with Crippen molar-refractivity contribution >= 4 is 17.4 Å². The minimum Gasteiger partial charge on any atom is -0.326 e. The van der Waals surface area contributed by atoms with E-state index in [2.05, 4.69) is 10.1 Å². The molecule has 0 bridgehead atoms. The topological polar surface area (TPSA) is 56.2 Å². The summed E-state index contributed by atoms with van der Waals surface area (Å²) in [5, 5.41) is 3.75. The summed E-state index contributed by atoms with van der Waals surface area (Å²) in [4.78, 5) is 3.24. The van der Waals surface area contributed by atoms with Gasteiger partial charge in [-0.3, -0.25) is 0 Å². The molecule has 2 N–H and O–H groups in total. The molecule has 21 heavy (non-hydrogen) atoms. The molecule has 2 aromatic heterocycles. The summed E-state index contributed by atoms with van der Waals surface area (Å²) in [5.41, 5.74) is 1.71. The van der Waals surface area contributed by atoms with Crippen LogP contribution in [0.15, 0.2) is 11.1 Å². The lowest BCUT2D eigenvalue weighted by atomic mass is 10.2. The highest BCUT2D eigenvalue weighted by molar-refractivity contribution is 7.98. The van der Waals surface area contributed by atoms with Crippen molar-refractivity contribution in [1.29, 1.82) is 0 Å². The molecule has 0 unspecified atom stereocenters. The zero-order valence-corrected chi connectivity index (χ0v) is 11.2. The molecule has 0 saturated carbocycles. The number of nitrogens with two attached hydrogens (primary N) is 1. The number of rotatable bonds is 2. The van der Waals surface area contributed by atoms with Crippen LogP contribution >= 0.6 is 11.8 Å². The number of alkyl halides is 6. The van der Waals surface area contributed by atoms with Gasteiger partial charge in [-0.1, -0.05) is 0 Å². The van der Waals surface area contributed by atoms with Gasteiger partial charge in [0.2, 0.25) is 0 Å². The molecule has 0 radical (unpaired) electrons. The fourth-order valence-corrected chi connectivity index (χ4v) is 2.32. The van der Waals surface area contributed by atoms with E-state index in [-0.39, 0.29) is 23.2 Å². The van der Waals surface area contributed by atoms with Gasteiger partial charge in [0.05, 0.1) is 0 Å². The molecule has 0 aromatic carbocycles. The minimum atomic E-state index is -5.01. The molecule has 0 spiro atoms. The average Bonchev–Trinajstić information content (AvgIpc) is 2.72. The lowest BCUT2D eigenvalue weighted by molar-refractivity contribution is -0.148. The molecule has 0 amide bonds. The summed E-state index contributed by atoms with van der Waals surface area (Å²) in [7, 11) is 0. The Balaban J connectivity index is 2.90. The minimum absolute atomic E-state index is 0.0408. The number of fused-ring (bicyclic) bond motifs is 1. The van der Waals surface area contributed by atoms with Crippen LogP contribution in [0.4, 0.5) is 26.3 Å². The summed E-state index contributed by atoms with van der Waals surface area (Å²) < 4.78 is 77.3. The monoisotopic (exact) mass is 330 g/mol. The molecule has 0 aliphatic heterocycles. The second-order valence-electron chi connectivity index (χ2n) is 3.95. The number of nitrogens with zero attached hydrogens (tertiary/aromatic N) is 3. The Labute approximate surface area is 118 Å². The van der Waals surface area contributed by atoms with Crippen LogP contribution in [0.1, 0.15) is 17.0 Å². The van der Waals surface area contributed by atoms with E-state index in [1.165, 1.54) is 6.26 Å². The van der Waals surface area contributed by atoms with E-state index in [0.717, 1.165) is 11.8 Å².